The van der Waals surface area contributed by atoms with Crippen molar-refractivity contribution in [2.75, 3.05) is 25.0 Å². The smallest absolute Gasteiger partial charge is 0.278 e. The van der Waals surface area contributed by atoms with Crippen molar-refractivity contribution in [1.29, 1.82) is 0 Å². The molecule has 2 aromatic rings. The molecule has 2 N–H and O–H groups in total. The van der Waals surface area contributed by atoms with E-state index >= 15 is 0 Å². The maximum absolute atomic E-state index is 12.7. The number of carbonyl (C=O) groups excluding carboxylic acids is 1. The molecule has 0 radical (unpaired) electrons. The second-order valence-corrected chi connectivity index (χ2v) is 7.10. The SMILES string of the molecule is Cc1c(C(=O)Nc2ccccc2OCC(C)C)nnn1C1CCNCC1.Cl. The number of nitrogens with zero attached hydrogens (tertiary/aromatic N) is 3. The maximum atomic E-state index is 12.7. The Hall–Kier alpha value is -2.12. The number of rotatable bonds is 6. The quantitative estimate of drug-likeness (QED) is 0.787. The molecule has 1 aromatic heterocycles. The zero-order valence-corrected chi connectivity index (χ0v) is 16.9. The number of hydrogen-bond acceptors (Lipinski definition) is 5. The highest BCUT2D eigenvalue weighted by molar-refractivity contribution is 6.04. The first-order valence-electron chi connectivity index (χ1n) is 9.22. The van der Waals surface area contributed by atoms with Crippen LogP contribution in [0.1, 0.15) is 48.9 Å². The van der Waals surface area contributed by atoms with Gasteiger partial charge in [0.05, 0.1) is 24.0 Å². The third-order valence-electron chi connectivity index (χ3n) is 4.50. The van der Waals surface area contributed by atoms with E-state index in [0.29, 0.717) is 35.7 Å². The summed E-state index contributed by atoms with van der Waals surface area (Å²) in [6.45, 7) is 8.60. The molecule has 1 aliphatic rings. The molecular formula is C19H28ClN5O2. The van der Waals surface area contributed by atoms with Crippen molar-refractivity contribution in [3.8, 4) is 5.75 Å². The number of piperidine rings is 1. The number of carbonyl (C=O) groups is 1. The fourth-order valence-corrected chi connectivity index (χ4v) is 3.08. The van der Waals surface area contributed by atoms with E-state index in [9.17, 15) is 4.79 Å². The van der Waals surface area contributed by atoms with Crippen molar-refractivity contribution in [3.63, 3.8) is 0 Å². The number of benzene rings is 1. The first-order valence-corrected chi connectivity index (χ1v) is 9.22. The zero-order chi connectivity index (χ0) is 18.5. The lowest BCUT2D eigenvalue weighted by Gasteiger charge is -2.23. The Bertz CT molecular complexity index is 756. The third kappa shape index (κ3) is 5.20. The average molecular weight is 394 g/mol. The first-order chi connectivity index (χ1) is 12.6. The summed E-state index contributed by atoms with van der Waals surface area (Å²) in [5.74, 6) is 0.812. The fraction of sp³-hybridized carbons (Fsp3) is 0.526. The van der Waals surface area contributed by atoms with Crippen LogP contribution < -0.4 is 15.4 Å². The molecule has 0 atom stereocenters. The number of anilines is 1. The van der Waals surface area contributed by atoms with E-state index in [-0.39, 0.29) is 18.3 Å². The standard InChI is InChI=1S/C19H27N5O2.ClH/c1-13(2)12-26-17-7-5-4-6-16(17)21-19(25)18-14(3)24(23-22-18)15-8-10-20-11-9-15;/h4-7,13,15,20H,8-12H2,1-3H3,(H,21,25);1H. The first kappa shape index (κ1) is 21.2. The van der Waals surface area contributed by atoms with E-state index in [0.717, 1.165) is 31.6 Å². The van der Waals surface area contributed by atoms with Crippen LogP contribution in [0.2, 0.25) is 0 Å². The van der Waals surface area contributed by atoms with E-state index in [2.05, 4.69) is 34.8 Å². The molecule has 1 aliphatic heterocycles. The average Bonchev–Trinajstić information content (AvgIpc) is 3.03. The number of aromatic nitrogens is 3. The Balaban J connectivity index is 0.00000261. The Kier molecular flexibility index (Phi) is 7.62. The van der Waals surface area contributed by atoms with Crippen molar-refractivity contribution in [3.05, 3.63) is 35.7 Å². The predicted octanol–water partition coefficient (Wildman–Crippen LogP) is 3.22. The fourth-order valence-electron chi connectivity index (χ4n) is 3.08. The Morgan fingerprint density at radius 3 is 2.74 bits per heavy atom. The van der Waals surface area contributed by atoms with Crippen LogP contribution in [0.25, 0.3) is 0 Å². The molecule has 3 rings (SSSR count). The van der Waals surface area contributed by atoms with Gasteiger partial charge in [-0.2, -0.15) is 0 Å². The van der Waals surface area contributed by atoms with Crippen molar-refractivity contribution in [1.82, 2.24) is 20.3 Å². The third-order valence-corrected chi connectivity index (χ3v) is 4.50. The summed E-state index contributed by atoms with van der Waals surface area (Å²) in [6.07, 6.45) is 1.99. The molecule has 8 heteroatoms. The highest BCUT2D eigenvalue weighted by atomic mass is 35.5. The van der Waals surface area contributed by atoms with Gasteiger partial charge in [0.25, 0.3) is 5.91 Å². The van der Waals surface area contributed by atoms with Crippen molar-refractivity contribution in [2.45, 2.75) is 39.7 Å². The lowest BCUT2D eigenvalue weighted by atomic mass is 10.1. The van der Waals surface area contributed by atoms with Gasteiger partial charge >= 0.3 is 0 Å². The molecule has 0 aliphatic carbocycles. The summed E-state index contributed by atoms with van der Waals surface area (Å²) in [4.78, 5) is 12.7. The zero-order valence-electron chi connectivity index (χ0n) is 16.1. The van der Waals surface area contributed by atoms with Gasteiger partial charge in [0, 0.05) is 0 Å². The Morgan fingerprint density at radius 2 is 2.04 bits per heavy atom. The van der Waals surface area contributed by atoms with Crippen molar-refractivity contribution < 1.29 is 9.53 Å². The topological polar surface area (TPSA) is 81.1 Å². The van der Waals surface area contributed by atoms with Gasteiger partial charge in [0.15, 0.2) is 5.69 Å². The lowest BCUT2D eigenvalue weighted by molar-refractivity contribution is 0.102. The van der Waals surface area contributed by atoms with Crippen molar-refractivity contribution in [2.24, 2.45) is 5.92 Å². The summed E-state index contributed by atoms with van der Waals surface area (Å²) in [5.41, 5.74) is 1.81. The summed E-state index contributed by atoms with van der Waals surface area (Å²) in [7, 11) is 0. The van der Waals surface area contributed by atoms with Crippen LogP contribution >= 0.6 is 12.4 Å². The molecule has 27 heavy (non-hydrogen) atoms. The Morgan fingerprint density at radius 1 is 1.33 bits per heavy atom. The van der Waals surface area contributed by atoms with Gasteiger partial charge in [-0.15, -0.1) is 17.5 Å². The number of nitrogens with one attached hydrogen (secondary N) is 2. The van der Waals surface area contributed by atoms with E-state index in [1.54, 1.807) is 0 Å². The predicted molar refractivity (Wildman–Crippen MR) is 108 cm³/mol. The molecule has 1 aromatic carbocycles. The molecule has 2 heterocycles. The van der Waals surface area contributed by atoms with Crippen LogP contribution in [0.15, 0.2) is 24.3 Å². The molecule has 0 bridgehead atoms. The monoisotopic (exact) mass is 393 g/mol. The highest BCUT2D eigenvalue weighted by Gasteiger charge is 2.23. The van der Waals surface area contributed by atoms with Gasteiger partial charge in [-0.3, -0.25) is 4.79 Å². The summed E-state index contributed by atoms with van der Waals surface area (Å²) in [5, 5.41) is 14.6. The number of halogens is 1. The molecule has 1 fully saturated rings. The normalized spacial score (nSPS) is 14.7. The lowest BCUT2D eigenvalue weighted by Crippen LogP contribution is -2.30. The van der Waals surface area contributed by atoms with Gasteiger partial charge in [-0.05, 0) is 50.9 Å². The molecule has 0 unspecified atom stereocenters. The molecule has 1 amide bonds. The van der Waals surface area contributed by atoms with Crippen LogP contribution in [-0.2, 0) is 0 Å². The number of para-hydroxylation sites is 2. The van der Waals surface area contributed by atoms with Gasteiger partial charge in [-0.1, -0.05) is 31.2 Å². The summed E-state index contributed by atoms with van der Waals surface area (Å²) >= 11 is 0. The molecule has 0 spiro atoms. The van der Waals surface area contributed by atoms with Gasteiger partial charge in [-0.25, -0.2) is 4.68 Å². The number of amides is 1. The van der Waals surface area contributed by atoms with Gasteiger partial charge < -0.3 is 15.4 Å². The maximum Gasteiger partial charge on any atom is 0.278 e. The highest BCUT2D eigenvalue weighted by Crippen LogP contribution is 2.26. The van der Waals surface area contributed by atoms with Crippen LogP contribution in [0.4, 0.5) is 5.69 Å². The van der Waals surface area contributed by atoms with Crippen LogP contribution in [0.3, 0.4) is 0 Å². The minimum atomic E-state index is -0.261. The van der Waals surface area contributed by atoms with E-state index in [1.807, 2.05) is 35.9 Å². The largest absolute Gasteiger partial charge is 0.491 e. The van der Waals surface area contributed by atoms with Gasteiger partial charge in [0.1, 0.15) is 5.75 Å². The summed E-state index contributed by atoms with van der Waals surface area (Å²) in [6, 6.07) is 7.75. The molecule has 1 saturated heterocycles. The molecule has 148 valence electrons. The minimum absolute atomic E-state index is 0. The van der Waals surface area contributed by atoms with Crippen molar-refractivity contribution >= 4 is 24.0 Å². The second kappa shape index (κ2) is 9.71. The minimum Gasteiger partial charge on any atom is -0.491 e. The Labute approximate surface area is 166 Å². The van der Waals surface area contributed by atoms with E-state index in [1.165, 1.54) is 0 Å². The molecule has 0 saturated carbocycles. The molecular weight excluding hydrogens is 366 g/mol. The second-order valence-electron chi connectivity index (χ2n) is 7.10. The van der Waals surface area contributed by atoms with E-state index in [4.69, 9.17) is 4.74 Å². The van der Waals surface area contributed by atoms with Crippen LogP contribution in [0.5, 0.6) is 5.75 Å². The number of hydrogen-bond donors (Lipinski definition) is 2. The van der Waals surface area contributed by atoms with E-state index < -0.39 is 0 Å². The van der Waals surface area contributed by atoms with Crippen LogP contribution in [-0.4, -0.2) is 40.6 Å². The number of ether oxygens (including phenoxy) is 1. The van der Waals surface area contributed by atoms with Gasteiger partial charge in [0.2, 0.25) is 0 Å². The summed E-state index contributed by atoms with van der Waals surface area (Å²) < 4.78 is 7.69. The molecule has 7 nitrogen and oxygen atoms in total. The van der Waals surface area contributed by atoms with Crippen LogP contribution in [0, 0.1) is 12.8 Å².